The molecular formula is C15H24N2O2. The van der Waals surface area contributed by atoms with Gasteiger partial charge >= 0.3 is 5.97 Å². The standard InChI is InChI=1S/C15H24N2O2/c1-5-16(6-2)13-11-9-10-12(15(18)19)14(13)17(7-3)8-4/h9-11H,5-8H2,1-4H3,(H,18,19). The van der Waals surface area contributed by atoms with Crippen molar-refractivity contribution in [1.29, 1.82) is 0 Å². The number of carbonyl (C=O) groups is 1. The van der Waals surface area contributed by atoms with Crippen molar-refractivity contribution in [1.82, 2.24) is 0 Å². The van der Waals surface area contributed by atoms with E-state index in [9.17, 15) is 9.90 Å². The van der Waals surface area contributed by atoms with Crippen molar-refractivity contribution >= 4 is 17.3 Å². The second-order valence-corrected chi connectivity index (χ2v) is 4.32. The quantitative estimate of drug-likeness (QED) is 0.822. The highest BCUT2D eigenvalue weighted by molar-refractivity contribution is 5.98. The Hall–Kier alpha value is -1.71. The summed E-state index contributed by atoms with van der Waals surface area (Å²) in [7, 11) is 0. The molecule has 0 amide bonds. The van der Waals surface area contributed by atoms with Gasteiger partial charge in [0, 0.05) is 26.2 Å². The van der Waals surface area contributed by atoms with Gasteiger partial charge in [0.05, 0.1) is 16.9 Å². The molecule has 0 aliphatic rings. The molecule has 0 unspecified atom stereocenters. The van der Waals surface area contributed by atoms with Gasteiger partial charge in [0.2, 0.25) is 0 Å². The van der Waals surface area contributed by atoms with Crippen molar-refractivity contribution < 1.29 is 9.90 Å². The lowest BCUT2D eigenvalue weighted by Crippen LogP contribution is -2.29. The highest BCUT2D eigenvalue weighted by atomic mass is 16.4. The largest absolute Gasteiger partial charge is 0.478 e. The number of anilines is 2. The second kappa shape index (κ2) is 7.02. The molecular weight excluding hydrogens is 240 g/mol. The molecule has 1 aromatic carbocycles. The van der Waals surface area contributed by atoms with Gasteiger partial charge in [0.15, 0.2) is 0 Å². The van der Waals surface area contributed by atoms with Crippen molar-refractivity contribution in [3.8, 4) is 0 Å². The first-order valence-corrected chi connectivity index (χ1v) is 6.96. The van der Waals surface area contributed by atoms with Crippen molar-refractivity contribution in [3.63, 3.8) is 0 Å². The normalized spacial score (nSPS) is 10.3. The summed E-state index contributed by atoms with van der Waals surface area (Å²) in [5.41, 5.74) is 2.23. The smallest absolute Gasteiger partial charge is 0.337 e. The molecule has 0 aliphatic carbocycles. The van der Waals surface area contributed by atoms with Crippen LogP contribution in [0.3, 0.4) is 0 Å². The van der Waals surface area contributed by atoms with E-state index in [1.807, 2.05) is 26.0 Å². The zero-order valence-electron chi connectivity index (χ0n) is 12.3. The van der Waals surface area contributed by atoms with E-state index in [0.29, 0.717) is 5.56 Å². The SMILES string of the molecule is CCN(CC)c1cccc(C(=O)O)c1N(CC)CC. The summed E-state index contributed by atoms with van der Waals surface area (Å²) in [5, 5.41) is 9.41. The van der Waals surface area contributed by atoms with Crippen LogP contribution < -0.4 is 9.80 Å². The molecule has 0 radical (unpaired) electrons. The van der Waals surface area contributed by atoms with E-state index >= 15 is 0 Å². The molecule has 0 fully saturated rings. The highest BCUT2D eigenvalue weighted by Crippen LogP contribution is 2.33. The van der Waals surface area contributed by atoms with Crippen LogP contribution in [0.2, 0.25) is 0 Å². The summed E-state index contributed by atoms with van der Waals surface area (Å²) in [6.07, 6.45) is 0. The molecule has 4 heteroatoms. The van der Waals surface area contributed by atoms with Gasteiger partial charge in [-0.15, -0.1) is 0 Å². The lowest BCUT2D eigenvalue weighted by atomic mass is 10.1. The number of carboxylic acid groups (broad SMARTS) is 1. The Balaban J connectivity index is 3.45. The van der Waals surface area contributed by atoms with E-state index in [4.69, 9.17) is 0 Å². The van der Waals surface area contributed by atoms with Crippen molar-refractivity contribution in [2.24, 2.45) is 0 Å². The first-order valence-electron chi connectivity index (χ1n) is 6.96. The first kappa shape index (κ1) is 15.3. The molecule has 0 aliphatic heterocycles. The van der Waals surface area contributed by atoms with E-state index in [1.54, 1.807) is 6.07 Å². The summed E-state index contributed by atoms with van der Waals surface area (Å²) < 4.78 is 0. The third-order valence-electron chi connectivity index (χ3n) is 3.43. The van der Waals surface area contributed by atoms with Gasteiger partial charge < -0.3 is 14.9 Å². The Morgan fingerprint density at radius 2 is 1.53 bits per heavy atom. The fourth-order valence-electron chi connectivity index (χ4n) is 2.40. The van der Waals surface area contributed by atoms with Crippen LogP contribution >= 0.6 is 0 Å². The third-order valence-corrected chi connectivity index (χ3v) is 3.43. The molecule has 0 atom stereocenters. The van der Waals surface area contributed by atoms with Crippen LogP contribution in [0.4, 0.5) is 11.4 Å². The Kier molecular flexibility index (Phi) is 5.67. The summed E-state index contributed by atoms with van der Waals surface area (Å²) in [5.74, 6) is -0.865. The third kappa shape index (κ3) is 3.19. The number of hydrogen-bond acceptors (Lipinski definition) is 3. The molecule has 0 saturated heterocycles. The van der Waals surface area contributed by atoms with E-state index in [2.05, 4.69) is 23.6 Å². The molecule has 0 spiro atoms. The average molecular weight is 264 g/mol. The van der Waals surface area contributed by atoms with Gasteiger partial charge in [-0.05, 0) is 39.8 Å². The summed E-state index contributed by atoms with van der Waals surface area (Å²) in [4.78, 5) is 15.8. The maximum atomic E-state index is 11.5. The first-order chi connectivity index (χ1) is 9.10. The topological polar surface area (TPSA) is 43.8 Å². The zero-order chi connectivity index (χ0) is 14.4. The highest BCUT2D eigenvalue weighted by Gasteiger charge is 2.20. The average Bonchev–Trinajstić information content (AvgIpc) is 2.42. The maximum Gasteiger partial charge on any atom is 0.337 e. The van der Waals surface area contributed by atoms with Gasteiger partial charge in [-0.3, -0.25) is 0 Å². The number of benzene rings is 1. The number of carboxylic acids is 1. The summed E-state index contributed by atoms with van der Waals surface area (Å²) >= 11 is 0. The predicted octanol–water partition coefficient (Wildman–Crippen LogP) is 3.08. The fraction of sp³-hybridized carbons (Fsp3) is 0.533. The summed E-state index contributed by atoms with van der Waals surface area (Å²) in [6, 6.07) is 5.51. The maximum absolute atomic E-state index is 11.5. The fourth-order valence-corrected chi connectivity index (χ4v) is 2.40. The molecule has 4 nitrogen and oxygen atoms in total. The molecule has 106 valence electrons. The lowest BCUT2D eigenvalue weighted by molar-refractivity contribution is 0.0697. The minimum absolute atomic E-state index is 0.383. The Morgan fingerprint density at radius 3 is 1.95 bits per heavy atom. The summed E-state index contributed by atoms with van der Waals surface area (Å²) in [6.45, 7) is 11.6. The minimum Gasteiger partial charge on any atom is -0.478 e. The van der Waals surface area contributed by atoms with Gasteiger partial charge in [-0.25, -0.2) is 4.79 Å². The molecule has 1 aromatic rings. The van der Waals surface area contributed by atoms with Crippen molar-refractivity contribution in [2.75, 3.05) is 36.0 Å². The Bertz CT molecular complexity index is 424. The Labute approximate surface area is 115 Å². The van der Waals surface area contributed by atoms with E-state index in [0.717, 1.165) is 37.6 Å². The number of para-hydroxylation sites is 1. The number of hydrogen-bond donors (Lipinski definition) is 1. The van der Waals surface area contributed by atoms with Gasteiger partial charge in [0.1, 0.15) is 0 Å². The second-order valence-electron chi connectivity index (χ2n) is 4.32. The van der Waals surface area contributed by atoms with Gasteiger partial charge in [0.25, 0.3) is 0 Å². The van der Waals surface area contributed by atoms with E-state index in [1.165, 1.54) is 0 Å². The number of nitrogens with zero attached hydrogens (tertiary/aromatic N) is 2. The Morgan fingerprint density at radius 1 is 1.00 bits per heavy atom. The van der Waals surface area contributed by atoms with Crippen LogP contribution in [-0.4, -0.2) is 37.3 Å². The monoisotopic (exact) mass is 264 g/mol. The van der Waals surface area contributed by atoms with E-state index < -0.39 is 5.97 Å². The lowest BCUT2D eigenvalue weighted by Gasteiger charge is -2.31. The number of aromatic carboxylic acids is 1. The zero-order valence-corrected chi connectivity index (χ0v) is 12.3. The molecule has 1 N–H and O–H groups in total. The van der Waals surface area contributed by atoms with Crippen molar-refractivity contribution in [2.45, 2.75) is 27.7 Å². The predicted molar refractivity (Wildman–Crippen MR) is 80.5 cm³/mol. The minimum atomic E-state index is -0.865. The van der Waals surface area contributed by atoms with Crippen LogP contribution in [0.25, 0.3) is 0 Å². The van der Waals surface area contributed by atoms with Crippen LogP contribution in [0, 0.1) is 0 Å². The van der Waals surface area contributed by atoms with Crippen LogP contribution in [0.1, 0.15) is 38.1 Å². The molecule has 1 rings (SSSR count). The van der Waals surface area contributed by atoms with Crippen LogP contribution in [-0.2, 0) is 0 Å². The molecule has 0 bridgehead atoms. The van der Waals surface area contributed by atoms with Gasteiger partial charge in [-0.2, -0.15) is 0 Å². The van der Waals surface area contributed by atoms with E-state index in [-0.39, 0.29) is 0 Å². The van der Waals surface area contributed by atoms with Crippen LogP contribution in [0.15, 0.2) is 18.2 Å². The van der Waals surface area contributed by atoms with Gasteiger partial charge in [-0.1, -0.05) is 6.07 Å². The molecule has 0 saturated carbocycles. The number of rotatable bonds is 7. The molecule has 19 heavy (non-hydrogen) atoms. The van der Waals surface area contributed by atoms with Crippen LogP contribution in [0.5, 0.6) is 0 Å². The molecule has 0 aromatic heterocycles. The van der Waals surface area contributed by atoms with Crippen molar-refractivity contribution in [3.05, 3.63) is 23.8 Å². The molecule has 0 heterocycles.